The van der Waals surface area contributed by atoms with Crippen molar-refractivity contribution in [2.24, 2.45) is 5.92 Å². The molecule has 0 saturated carbocycles. The summed E-state index contributed by atoms with van der Waals surface area (Å²) in [5, 5.41) is 8.22. The minimum atomic E-state index is 0.0470. The second kappa shape index (κ2) is 9.00. The molecule has 0 bridgehead atoms. The second-order valence-corrected chi connectivity index (χ2v) is 8.19. The molecule has 1 aliphatic rings. The molecule has 30 heavy (non-hydrogen) atoms. The maximum Gasteiger partial charge on any atom is 0.254 e. The van der Waals surface area contributed by atoms with Gasteiger partial charge in [0.1, 0.15) is 12.1 Å². The minimum absolute atomic E-state index is 0.0470. The Hall–Kier alpha value is -2.67. The van der Waals surface area contributed by atoms with Gasteiger partial charge in [0.15, 0.2) is 0 Å². The van der Waals surface area contributed by atoms with Crippen molar-refractivity contribution in [2.75, 3.05) is 24.5 Å². The smallest absolute Gasteiger partial charge is 0.254 e. The Morgan fingerprint density at radius 2 is 1.97 bits per heavy atom. The summed E-state index contributed by atoms with van der Waals surface area (Å²) in [6, 6.07) is 7.76. The third-order valence-corrected chi connectivity index (χ3v) is 6.10. The van der Waals surface area contributed by atoms with Crippen molar-refractivity contribution < 1.29 is 4.79 Å². The molecule has 1 fully saturated rings. The summed E-state index contributed by atoms with van der Waals surface area (Å²) < 4.78 is 1.83. The largest absolute Gasteiger partial charge is 0.356 e. The molecule has 0 aliphatic carbocycles. The zero-order chi connectivity index (χ0) is 21.1. The number of nitrogens with one attached hydrogen (secondary N) is 1. The molecular formula is C22H27ClN6O. The first-order chi connectivity index (χ1) is 14.6. The van der Waals surface area contributed by atoms with Crippen molar-refractivity contribution in [1.29, 1.82) is 0 Å². The fourth-order valence-electron chi connectivity index (χ4n) is 4.19. The Kier molecular flexibility index (Phi) is 6.18. The Bertz CT molecular complexity index is 1020. The topological polar surface area (TPSA) is 75.4 Å². The molecule has 0 unspecified atom stereocenters. The summed E-state index contributed by atoms with van der Waals surface area (Å²) >= 11 is 5.92. The fraction of sp³-hybridized carbons (Fsp3) is 0.455. The van der Waals surface area contributed by atoms with Crippen LogP contribution in [0.15, 0.2) is 30.6 Å². The van der Waals surface area contributed by atoms with E-state index < -0.39 is 0 Å². The Labute approximate surface area is 181 Å². The van der Waals surface area contributed by atoms with Crippen LogP contribution in [0.2, 0.25) is 5.02 Å². The number of fused-ring (bicyclic) bond motifs is 1. The van der Waals surface area contributed by atoms with Crippen molar-refractivity contribution in [2.45, 2.75) is 39.5 Å². The van der Waals surface area contributed by atoms with E-state index in [2.05, 4.69) is 32.2 Å². The van der Waals surface area contributed by atoms with E-state index in [-0.39, 0.29) is 11.8 Å². The number of nitrogens with zero attached hydrogens (tertiary/aromatic N) is 5. The zero-order valence-electron chi connectivity index (χ0n) is 17.4. The maximum absolute atomic E-state index is 12.6. The lowest BCUT2D eigenvalue weighted by atomic mass is 9.95. The number of aryl methyl sites for hydroxylation is 1. The van der Waals surface area contributed by atoms with E-state index in [1.165, 1.54) is 11.1 Å². The second-order valence-electron chi connectivity index (χ2n) is 7.75. The number of aromatic nitrogens is 4. The predicted octanol–water partition coefficient (Wildman–Crippen LogP) is 3.22. The number of anilines is 1. The summed E-state index contributed by atoms with van der Waals surface area (Å²) in [5.74, 6) is 1.89. The third-order valence-electron chi connectivity index (χ3n) is 5.85. The van der Waals surface area contributed by atoms with E-state index in [1.54, 1.807) is 6.33 Å². The maximum atomic E-state index is 12.6. The molecule has 0 atom stereocenters. The van der Waals surface area contributed by atoms with Crippen LogP contribution in [0.5, 0.6) is 0 Å². The highest BCUT2D eigenvalue weighted by Crippen LogP contribution is 2.28. The highest BCUT2D eigenvalue weighted by atomic mass is 35.5. The predicted molar refractivity (Wildman–Crippen MR) is 118 cm³/mol. The van der Waals surface area contributed by atoms with E-state index in [0.29, 0.717) is 12.3 Å². The summed E-state index contributed by atoms with van der Waals surface area (Å²) in [7, 11) is 0. The fourth-order valence-corrected chi connectivity index (χ4v) is 4.31. The SMILES string of the molecule is CCc1c(C)nc2ncnn2c1N1CCC(C(=O)NCCc2ccc(Cl)cc2)CC1. The third kappa shape index (κ3) is 4.26. The van der Waals surface area contributed by atoms with Gasteiger partial charge in [-0.15, -0.1) is 0 Å². The number of piperidine rings is 1. The van der Waals surface area contributed by atoms with Crippen LogP contribution in [0, 0.1) is 12.8 Å². The normalized spacial score (nSPS) is 15.0. The molecule has 0 spiro atoms. The van der Waals surface area contributed by atoms with Crippen molar-refractivity contribution in [1.82, 2.24) is 24.9 Å². The monoisotopic (exact) mass is 426 g/mol. The molecule has 8 heteroatoms. The molecule has 1 aromatic carbocycles. The van der Waals surface area contributed by atoms with Gasteiger partial charge in [-0.25, -0.2) is 4.98 Å². The lowest BCUT2D eigenvalue weighted by Crippen LogP contribution is -2.42. The van der Waals surface area contributed by atoms with Gasteiger partial charge >= 0.3 is 0 Å². The molecule has 7 nitrogen and oxygen atoms in total. The van der Waals surface area contributed by atoms with E-state index in [9.17, 15) is 4.79 Å². The van der Waals surface area contributed by atoms with Gasteiger partial charge in [-0.2, -0.15) is 14.6 Å². The van der Waals surface area contributed by atoms with Gasteiger partial charge in [0.2, 0.25) is 5.91 Å². The molecule has 0 radical (unpaired) electrons. The summed E-state index contributed by atoms with van der Waals surface area (Å²) in [6.07, 6.45) is 4.89. The lowest BCUT2D eigenvalue weighted by Gasteiger charge is -2.34. The number of amides is 1. The molecule has 3 aromatic rings. The van der Waals surface area contributed by atoms with Crippen LogP contribution in [0.4, 0.5) is 5.82 Å². The van der Waals surface area contributed by atoms with Gasteiger partial charge in [0.05, 0.1) is 0 Å². The number of carbonyl (C=O) groups excluding carboxylic acids is 1. The first kappa shape index (κ1) is 20.6. The minimum Gasteiger partial charge on any atom is -0.356 e. The average Bonchev–Trinajstić information content (AvgIpc) is 3.22. The van der Waals surface area contributed by atoms with Gasteiger partial charge in [0.25, 0.3) is 5.78 Å². The first-order valence-corrected chi connectivity index (χ1v) is 10.9. The molecule has 1 saturated heterocycles. The molecule has 158 valence electrons. The summed E-state index contributed by atoms with van der Waals surface area (Å²) in [5.41, 5.74) is 3.36. The average molecular weight is 427 g/mol. The van der Waals surface area contributed by atoms with Crippen molar-refractivity contribution in [3.63, 3.8) is 0 Å². The number of hydrogen-bond donors (Lipinski definition) is 1. The van der Waals surface area contributed by atoms with Crippen molar-refractivity contribution in [3.05, 3.63) is 52.4 Å². The lowest BCUT2D eigenvalue weighted by molar-refractivity contribution is -0.125. The van der Waals surface area contributed by atoms with Crippen molar-refractivity contribution in [3.8, 4) is 0 Å². The van der Waals surface area contributed by atoms with Gasteiger partial charge < -0.3 is 10.2 Å². The quantitative estimate of drug-likeness (QED) is 0.655. The van der Waals surface area contributed by atoms with Gasteiger partial charge in [-0.05, 0) is 50.3 Å². The van der Waals surface area contributed by atoms with Crippen LogP contribution in [0.1, 0.15) is 36.6 Å². The molecule has 2 aromatic heterocycles. The van der Waals surface area contributed by atoms with Crippen molar-refractivity contribution >= 4 is 29.1 Å². The van der Waals surface area contributed by atoms with Gasteiger partial charge in [0, 0.05) is 41.8 Å². The molecule has 1 aliphatic heterocycles. The van der Waals surface area contributed by atoms with Crippen LogP contribution in [0.3, 0.4) is 0 Å². The van der Waals surface area contributed by atoms with Gasteiger partial charge in [-0.3, -0.25) is 4.79 Å². The Morgan fingerprint density at radius 3 is 2.67 bits per heavy atom. The van der Waals surface area contributed by atoms with E-state index in [4.69, 9.17) is 11.6 Å². The van der Waals surface area contributed by atoms with Crippen LogP contribution in [0.25, 0.3) is 5.78 Å². The number of carbonyl (C=O) groups is 1. The standard InChI is InChI=1S/C22H27ClN6O/c1-3-19-15(2)27-22-25-14-26-29(22)21(19)28-12-9-17(10-13-28)20(30)24-11-8-16-4-6-18(23)7-5-16/h4-7,14,17H,3,8-13H2,1-2H3,(H,24,30). The molecule has 4 rings (SSSR count). The van der Waals surface area contributed by atoms with E-state index in [0.717, 1.165) is 55.3 Å². The Balaban J connectivity index is 1.36. The van der Waals surface area contributed by atoms with Crippen LogP contribution in [-0.2, 0) is 17.6 Å². The first-order valence-electron chi connectivity index (χ1n) is 10.5. The van der Waals surface area contributed by atoms with Crippen LogP contribution >= 0.6 is 11.6 Å². The zero-order valence-corrected chi connectivity index (χ0v) is 18.2. The van der Waals surface area contributed by atoms with Gasteiger partial charge in [-0.1, -0.05) is 30.7 Å². The highest BCUT2D eigenvalue weighted by Gasteiger charge is 2.28. The number of benzene rings is 1. The molecule has 1 N–H and O–H groups in total. The van der Waals surface area contributed by atoms with Crippen LogP contribution < -0.4 is 10.2 Å². The van der Waals surface area contributed by atoms with E-state index >= 15 is 0 Å². The number of rotatable bonds is 6. The number of halogens is 1. The Morgan fingerprint density at radius 1 is 1.23 bits per heavy atom. The summed E-state index contributed by atoms with van der Waals surface area (Å²) in [6.45, 7) is 6.44. The molecule has 1 amide bonds. The molecule has 3 heterocycles. The number of hydrogen-bond acceptors (Lipinski definition) is 5. The highest BCUT2D eigenvalue weighted by molar-refractivity contribution is 6.30. The van der Waals surface area contributed by atoms with Crippen LogP contribution in [-0.4, -0.2) is 45.1 Å². The van der Waals surface area contributed by atoms with E-state index in [1.807, 2.05) is 35.7 Å². The summed E-state index contributed by atoms with van der Waals surface area (Å²) in [4.78, 5) is 23.8. The molecular weight excluding hydrogens is 400 g/mol.